The molecule has 0 rings (SSSR count). The van der Waals surface area contributed by atoms with Gasteiger partial charge in [-0.15, -0.1) is 0 Å². The fraction of sp³-hybridized carbons (Fsp3) is 0. The van der Waals surface area contributed by atoms with Crippen LogP contribution in [0.15, 0.2) is 0 Å². The van der Waals surface area contributed by atoms with E-state index < -0.39 is 7.82 Å². The zero-order valence-electron chi connectivity index (χ0n) is 5.15. The van der Waals surface area contributed by atoms with Crippen LogP contribution < -0.4 is 31.5 Å². The normalized spacial score (nSPS) is 6.42. The first kappa shape index (κ1) is 29.3. The van der Waals surface area contributed by atoms with Crippen molar-refractivity contribution in [1.29, 1.82) is 0 Å². The molecule has 12 heteroatoms. The molecule has 0 aromatic carbocycles. The molecular weight excluding hydrogens is 429 g/mol. The summed E-state index contributed by atoms with van der Waals surface area (Å²) >= 11 is 0. The van der Waals surface area contributed by atoms with E-state index >= 15 is 0 Å². The van der Waals surface area contributed by atoms with Crippen LogP contribution in [0.25, 0.3) is 0 Å². The molecule has 0 aromatic rings. The maximum absolute atomic E-state index is 8.88. The second-order valence-corrected chi connectivity index (χ2v) is 1.54. The molecular formula is H3O10PU. The van der Waals surface area contributed by atoms with Gasteiger partial charge in [-0.1, -0.05) is 0 Å². The largest absolute Gasteiger partial charge is 6.00 e. The van der Waals surface area contributed by atoms with Crippen LogP contribution in [-0.2, 0) is 4.57 Å². The Hall–Kier alpha value is 0.922. The molecule has 0 unspecified atom stereocenters. The van der Waals surface area contributed by atoms with E-state index in [1.54, 1.807) is 0 Å². The average molecular weight is 432 g/mol. The van der Waals surface area contributed by atoms with E-state index in [-0.39, 0.29) is 31.1 Å². The summed E-state index contributed by atoms with van der Waals surface area (Å²) in [4.78, 5) is 21.6. The van der Waals surface area contributed by atoms with Gasteiger partial charge in [-0.25, -0.2) is 4.57 Å². The molecule has 0 radical (unpaired) electrons. The van der Waals surface area contributed by atoms with Gasteiger partial charge in [0.1, 0.15) is 0 Å². The minimum Gasteiger partial charge on any atom is -1.00 e. The molecule has 0 aliphatic rings. The van der Waals surface area contributed by atoms with Crippen molar-refractivity contribution in [1.82, 2.24) is 0 Å². The van der Waals surface area contributed by atoms with Gasteiger partial charge in [-0.2, -0.15) is 0 Å². The zero-order valence-corrected chi connectivity index (χ0v) is 10.2. The van der Waals surface area contributed by atoms with Crippen molar-refractivity contribution in [3.8, 4) is 0 Å². The molecule has 0 aliphatic carbocycles. The van der Waals surface area contributed by atoms with Crippen LogP contribution in [0.5, 0.6) is 0 Å². The SMILES string of the molecule is O=P(O)(O)O.[O-][O-].[O-][O-].[O-][O-].[U+6]. The van der Waals surface area contributed by atoms with E-state index in [9.17, 15) is 0 Å². The number of hydrogen-bond acceptors (Lipinski definition) is 7. The average Bonchev–Trinajstić information content (AvgIpc) is 1.96. The van der Waals surface area contributed by atoms with E-state index in [2.05, 4.69) is 0 Å². The van der Waals surface area contributed by atoms with Gasteiger partial charge in [-0.3, -0.25) is 0 Å². The first-order chi connectivity index (χ1) is 5.00. The number of hydrogen-bond donors (Lipinski definition) is 3. The maximum Gasteiger partial charge on any atom is 6.00 e. The quantitative estimate of drug-likeness (QED) is 0.187. The minimum absolute atomic E-state index is 0. The maximum atomic E-state index is 8.88. The third-order valence-corrected chi connectivity index (χ3v) is 0. The molecule has 0 saturated heterocycles. The standard InChI is InChI=1S/H3O4P.3O2.U/c1-5(2,3)4;3*1-2;/h(H3,1,2,3,4);;;;/q;3*-2;+6. The Morgan fingerprint density at radius 3 is 0.750 bits per heavy atom. The second kappa shape index (κ2) is 29.7. The Kier molecular flexibility index (Phi) is 72.4. The van der Waals surface area contributed by atoms with E-state index in [1.165, 1.54) is 0 Å². The number of rotatable bonds is 0. The molecule has 0 atom stereocenters. The van der Waals surface area contributed by atoms with E-state index in [4.69, 9.17) is 50.8 Å². The van der Waals surface area contributed by atoms with Crippen molar-refractivity contribution in [3.05, 3.63) is 0 Å². The Bertz CT molecular complexity index is 56.0. The first-order valence-electron chi connectivity index (χ1n) is 1.28. The van der Waals surface area contributed by atoms with Gasteiger partial charge >= 0.3 is 38.9 Å². The molecule has 0 saturated carbocycles. The van der Waals surface area contributed by atoms with Crippen molar-refractivity contribution < 1.29 is 81.9 Å². The summed E-state index contributed by atoms with van der Waals surface area (Å²) in [6, 6.07) is 0. The fourth-order valence-electron chi connectivity index (χ4n) is 0. The zero-order chi connectivity index (χ0) is 10.5. The topological polar surface area (TPSA) is 216 Å². The van der Waals surface area contributed by atoms with Crippen LogP contribution >= 0.6 is 7.82 Å². The van der Waals surface area contributed by atoms with Crippen LogP contribution in [0.2, 0.25) is 0 Å². The van der Waals surface area contributed by atoms with E-state index in [0.29, 0.717) is 0 Å². The molecule has 0 heterocycles. The van der Waals surface area contributed by atoms with Gasteiger partial charge in [0.25, 0.3) is 0 Å². The minimum atomic E-state index is -4.64. The van der Waals surface area contributed by atoms with Gasteiger partial charge in [0.05, 0.1) is 0 Å². The van der Waals surface area contributed by atoms with Crippen LogP contribution in [0.3, 0.4) is 0 Å². The van der Waals surface area contributed by atoms with Crippen molar-refractivity contribution in [2.75, 3.05) is 0 Å². The van der Waals surface area contributed by atoms with E-state index in [0.717, 1.165) is 0 Å². The molecule has 12 heavy (non-hydrogen) atoms. The smallest absolute Gasteiger partial charge is 1.00 e. The van der Waals surface area contributed by atoms with Crippen molar-refractivity contribution in [2.24, 2.45) is 0 Å². The molecule has 0 spiro atoms. The van der Waals surface area contributed by atoms with Crippen LogP contribution in [0, 0.1) is 31.1 Å². The summed E-state index contributed by atoms with van der Waals surface area (Å²) in [6.07, 6.45) is 0. The molecule has 0 aliphatic heterocycles. The van der Waals surface area contributed by atoms with Crippen molar-refractivity contribution in [3.63, 3.8) is 0 Å². The summed E-state index contributed by atoms with van der Waals surface area (Å²) in [6.45, 7) is 0. The van der Waals surface area contributed by atoms with Gasteiger partial charge < -0.3 is 46.2 Å². The molecule has 0 amide bonds. The summed E-state index contributed by atoms with van der Waals surface area (Å²) in [5, 5.41) is 42.0. The summed E-state index contributed by atoms with van der Waals surface area (Å²) in [5.41, 5.74) is 0. The van der Waals surface area contributed by atoms with Gasteiger partial charge in [-0.05, 0) is 0 Å². The second-order valence-electron chi connectivity index (χ2n) is 0.513. The Balaban J connectivity index is -0.0000000203. The van der Waals surface area contributed by atoms with Gasteiger partial charge in [0, 0.05) is 0 Å². The van der Waals surface area contributed by atoms with Gasteiger partial charge in [0.15, 0.2) is 0 Å². The third kappa shape index (κ3) is 1260. The summed E-state index contributed by atoms with van der Waals surface area (Å²) in [5.74, 6) is 0. The predicted molar refractivity (Wildman–Crippen MR) is 14.3 cm³/mol. The Morgan fingerprint density at radius 2 is 0.750 bits per heavy atom. The summed E-state index contributed by atoms with van der Waals surface area (Å²) < 4.78 is 8.88. The molecule has 72 valence electrons. The van der Waals surface area contributed by atoms with Gasteiger partial charge in [0.2, 0.25) is 0 Å². The van der Waals surface area contributed by atoms with E-state index in [1.807, 2.05) is 0 Å². The Labute approximate surface area is 89.8 Å². The molecule has 0 bridgehead atoms. The Morgan fingerprint density at radius 1 is 0.750 bits per heavy atom. The van der Waals surface area contributed by atoms with Crippen LogP contribution in [-0.4, -0.2) is 14.7 Å². The number of phosphoric acid groups is 1. The molecule has 10 nitrogen and oxygen atoms in total. The molecule has 0 aromatic heterocycles. The monoisotopic (exact) mass is 432 g/mol. The third-order valence-electron chi connectivity index (χ3n) is 0. The molecule has 3 N–H and O–H groups in total. The fourth-order valence-corrected chi connectivity index (χ4v) is 0. The summed E-state index contributed by atoms with van der Waals surface area (Å²) in [7, 11) is -4.64. The van der Waals surface area contributed by atoms with Crippen LogP contribution in [0.4, 0.5) is 0 Å². The van der Waals surface area contributed by atoms with Crippen LogP contribution in [0.1, 0.15) is 0 Å². The first-order valence-corrected chi connectivity index (χ1v) is 2.85. The van der Waals surface area contributed by atoms with Crippen molar-refractivity contribution in [2.45, 2.75) is 0 Å². The predicted octanol–water partition coefficient (Wildman–Crippen LogP) is -8.06. The van der Waals surface area contributed by atoms with Crippen molar-refractivity contribution >= 4 is 7.82 Å². The molecule has 0 fully saturated rings.